The molecule has 1 saturated carbocycles. The molecule has 0 aromatic heterocycles. The van der Waals surface area contributed by atoms with E-state index in [1.807, 2.05) is 6.07 Å². The van der Waals surface area contributed by atoms with Gasteiger partial charge in [0.25, 0.3) is 10.1 Å². The van der Waals surface area contributed by atoms with E-state index >= 15 is 0 Å². The van der Waals surface area contributed by atoms with E-state index in [-0.39, 0.29) is 0 Å². The highest BCUT2D eigenvalue weighted by atomic mass is 32.2. The fraction of sp³-hybridized carbons (Fsp3) is 0.625. The zero-order valence-electron chi connectivity index (χ0n) is 13.0. The van der Waals surface area contributed by atoms with Gasteiger partial charge in [0.15, 0.2) is 0 Å². The summed E-state index contributed by atoms with van der Waals surface area (Å²) in [7, 11) is -1.63. The van der Waals surface area contributed by atoms with Crippen molar-refractivity contribution in [3.63, 3.8) is 0 Å². The van der Waals surface area contributed by atoms with E-state index in [1.165, 1.54) is 5.56 Å². The van der Waals surface area contributed by atoms with Crippen LogP contribution in [0, 0.1) is 12.8 Å². The second-order valence-electron chi connectivity index (χ2n) is 5.94. The molecule has 118 valence electrons. The minimum atomic E-state index is -3.32. The van der Waals surface area contributed by atoms with E-state index in [1.54, 1.807) is 7.11 Å². The van der Waals surface area contributed by atoms with Gasteiger partial charge in [0.1, 0.15) is 5.75 Å². The molecule has 0 unspecified atom stereocenters. The molecule has 21 heavy (non-hydrogen) atoms. The summed E-state index contributed by atoms with van der Waals surface area (Å²) in [5.74, 6) is 1.84. The van der Waals surface area contributed by atoms with Crippen LogP contribution >= 0.6 is 0 Å². The van der Waals surface area contributed by atoms with Crippen LogP contribution in [0.5, 0.6) is 5.75 Å². The molecule has 1 fully saturated rings. The van der Waals surface area contributed by atoms with Crippen molar-refractivity contribution < 1.29 is 17.3 Å². The third kappa shape index (κ3) is 4.71. The second kappa shape index (κ2) is 6.79. The standard InChI is InChI=1S/C16H24O4S/c1-12-10-15(8-9-16(12)19-2)14-6-4-13(5-7-14)11-20-21(3,17)18/h8-10,13-14H,4-7,11H2,1-3H3/t13-,14-. The summed E-state index contributed by atoms with van der Waals surface area (Å²) < 4.78 is 32.3. The zero-order valence-corrected chi connectivity index (χ0v) is 13.8. The Morgan fingerprint density at radius 3 is 2.38 bits per heavy atom. The predicted molar refractivity (Wildman–Crippen MR) is 83.2 cm³/mol. The molecule has 0 spiro atoms. The van der Waals surface area contributed by atoms with Gasteiger partial charge in [-0.3, -0.25) is 4.18 Å². The second-order valence-corrected chi connectivity index (χ2v) is 7.58. The molecule has 1 aromatic rings. The van der Waals surface area contributed by atoms with Crippen LogP contribution in [0.25, 0.3) is 0 Å². The van der Waals surface area contributed by atoms with Crippen LogP contribution in [0.2, 0.25) is 0 Å². The SMILES string of the molecule is COc1ccc([C@H]2CC[C@H](COS(C)(=O)=O)CC2)cc1C. The lowest BCUT2D eigenvalue weighted by atomic mass is 9.79. The van der Waals surface area contributed by atoms with Crippen LogP contribution in [0.1, 0.15) is 42.7 Å². The zero-order chi connectivity index (χ0) is 15.5. The lowest BCUT2D eigenvalue weighted by Gasteiger charge is -2.28. The molecule has 0 radical (unpaired) electrons. The van der Waals surface area contributed by atoms with Crippen LogP contribution in [-0.2, 0) is 14.3 Å². The first-order valence-electron chi connectivity index (χ1n) is 7.38. The Labute approximate surface area is 127 Å². The van der Waals surface area contributed by atoms with Gasteiger partial charge in [0.2, 0.25) is 0 Å². The van der Waals surface area contributed by atoms with Gasteiger partial charge in [-0.1, -0.05) is 12.1 Å². The maximum Gasteiger partial charge on any atom is 0.264 e. The van der Waals surface area contributed by atoms with Gasteiger partial charge in [-0.25, -0.2) is 0 Å². The number of benzene rings is 1. The molecule has 0 bridgehead atoms. The van der Waals surface area contributed by atoms with Crippen molar-refractivity contribution >= 4 is 10.1 Å². The minimum absolute atomic E-state index is 0.327. The summed E-state index contributed by atoms with van der Waals surface area (Å²) in [4.78, 5) is 0. The fourth-order valence-electron chi connectivity index (χ4n) is 3.04. The highest BCUT2D eigenvalue weighted by molar-refractivity contribution is 7.85. The first kappa shape index (κ1) is 16.3. The van der Waals surface area contributed by atoms with Gasteiger partial charge in [-0.05, 0) is 61.6 Å². The van der Waals surface area contributed by atoms with Crippen molar-refractivity contribution in [2.75, 3.05) is 20.0 Å². The normalized spacial score (nSPS) is 23.0. The average molecular weight is 312 g/mol. The molecule has 1 aliphatic carbocycles. The van der Waals surface area contributed by atoms with E-state index < -0.39 is 10.1 Å². The third-order valence-corrected chi connectivity index (χ3v) is 4.82. The lowest BCUT2D eigenvalue weighted by Crippen LogP contribution is -2.19. The van der Waals surface area contributed by atoms with Crippen molar-refractivity contribution in [2.45, 2.75) is 38.5 Å². The molecule has 2 rings (SSSR count). The third-order valence-electron chi connectivity index (χ3n) is 4.25. The summed E-state index contributed by atoms with van der Waals surface area (Å²) >= 11 is 0. The summed E-state index contributed by atoms with van der Waals surface area (Å²) in [6.45, 7) is 2.39. The van der Waals surface area contributed by atoms with Gasteiger partial charge in [0.05, 0.1) is 20.0 Å². The lowest BCUT2D eigenvalue weighted by molar-refractivity contribution is 0.206. The maximum absolute atomic E-state index is 11.0. The summed E-state index contributed by atoms with van der Waals surface area (Å²) in [5.41, 5.74) is 2.52. The monoisotopic (exact) mass is 312 g/mol. The van der Waals surface area contributed by atoms with Crippen molar-refractivity contribution in [2.24, 2.45) is 5.92 Å². The van der Waals surface area contributed by atoms with Gasteiger partial charge >= 0.3 is 0 Å². The molecular weight excluding hydrogens is 288 g/mol. The molecule has 1 aromatic carbocycles. The van der Waals surface area contributed by atoms with Crippen molar-refractivity contribution in [3.8, 4) is 5.75 Å². The number of aryl methyl sites for hydroxylation is 1. The average Bonchev–Trinajstić information content (AvgIpc) is 2.45. The Hall–Kier alpha value is -1.07. The number of hydrogen-bond acceptors (Lipinski definition) is 4. The number of methoxy groups -OCH3 is 1. The highest BCUT2D eigenvalue weighted by Gasteiger charge is 2.23. The Morgan fingerprint density at radius 1 is 1.19 bits per heavy atom. The van der Waals surface area contributed by atoms with Gasteiger partial charge in [-0.2, -0.15) is 8.42 Å². The van der Waals surface area contributed by atoms with Crippen molar-refractivity contribution in [1.29, 1.82) is 0 Å². The number of hydrogen-bond donors (Lipinski definition) is 0. The quantitative estimate of drug-likeness (QED) is 0.783. The topological polar surface area (TPSA) is 52.6 Å². The van der Waals surface area contributed by atoms with Crippen LogP contribution in [0.4, 0.5) is 0 Å². The fourth-order valence-corrected chi connectivity index (χ4v) is 3.48. The van der Waals surface area contributed by atoms with Crippen LogP contribution < -0.4 is 4.74 Å². The predicted octanol–water partition coefficient (Wildman–Crippen LogP) is 3.25. The van der Waals surface area contributed by atoms with Crippen molar-refractivity contribution in [3.05, 3.63) is 29.3 Å². The Kier molecular flexibility index (Phi) is 5.27. The molecule has 0 atom stereocenters. The Morgan fingerprint density at radius 2 is 1.86 bits per heavy atom. The summed E-state index contributed by atoms with van der Waals surface area (Å²) in [6, 6.07) is 6.38. The van der Waals surface area contributed by atoms with Crippen LogP contribution in [-0.4, -0.2) is 28.4 Å². The number of rotatable bonds is 5. The maximum atomic E-state index is 11.0. The van der Waals surface area contributed by atoms with E-state index in [4.69, 9.17) is 8.92 Å². The molecule has 1 aliphatic rings. The van der Waals surface area contributed by atoms with Gasteiger partial charge < -0.3 is 4.74 Å². The minimum Gasteiger partial charge on any atom is -0.496 e. The van der Waals surface area contributed by atoms with E-state index in [2.05, 4.69) is 19.1 Å². The smallest absolute Gasteiger partial charge is 0.264 e. The molecule has 0 N–H and O–H groups in total. The Balaban J connectivity index is 1.90. The number of ether oxygens (including phenoxy) is 1. The summed E-state index contributed by atoms with van der Waals surface area (Å²) in [6.07, 6.45) is 5.32. The molecule has 4 nitrogen and oxygen atoms in total. The molecule has 0 aliphatic heterocycles. The van der Waals surface area contributed by atoms with E-state index in [0.29, 0.717) is 18.4 Å². The van der Waals surface area contributed by atoms with Crippen molar-refractivity contribution in [1.82, 2.24) is 0 Å². The van der Waals surface area contributed by atoms with Crippen LogP contribution in [0.3, 0.4) is 0 Å². The largest absolute Gasteiger partial charge is 0.496 e. The van der Waals surface area contributed by atoms with E-state index in [0.717, 1.165) is 43.3 Å². The molecular formula is C16H24O4S. The van der Waals surface area contributed by atoms with Gasteiger partial charge in [-0.15, -0.1) is 0 Å². The van der Waals surface area contributed by atoms with E-state index in [9.17, 15) is 8.42 Å². The molecule has 0 heterocycles. The summed E-state index contributed by atoms with van der Waals surface area (Å²) in [5, 5.41) is 0. The molecule has 5 heteroatoms. The highest BCUT2D eigenvalue weighted by Crippen LogP contribution is 2.37. The first-order valence-corrected chi connectivity index (χ1v) is 9.19. The van der Waals surface area contributed by atoms with Gasteiger partial charge in [0, 0.05) is 0 Å². The molecule has 0 amide bonds. The molecule has 0 saturated heterocycles. The van der Waals surface area contributed by atoms with Crippen LogP contribution in [0.15, 0.2) is 18.2 Å². The Bertz CT molecular complexity index is 572. The first-order chi connectivity index (χ1) is 9.89.